The van der Waals surface area contributed by atoms with E-state index in [0.717, 1.165) is 31.9 Å². The first kappa shape index (κ1) is 12.6. The third kappa shape index (κ3) is 2.65. The topological polar surface area (TPSA) is 19.4 Å². The Kier molecular flexibility index (Phi) is 3.53. The van der Waals surface area contributed by atoms with Crippen molar-refractivity contribution in [2.75, 3.05) is 38.1 Å². The Morgan fingerprint density at radius 3 is 2.42 bits per heavy atom. The van der Waals surface area contributed by atoms with E-state index in [0.29, 0.717) is 0 Å². The summed E-state index contributed by atoms with van der Waals surface area (Å²) in [5, 5.41) is 1.17. The van der Waals surface area contributed by atoms with Gasteiger partial charge in [0.05, 0.1) is 10.6 Å². The molecule has 0 unspecified atom stereocenters. The SMILES string of the molecule is Cc1nc(N2CCN(C)CC2)sc1-c1ccccc1. The number of likely N-dealkylation sites (N-methyl/N-ethyl adjacent to an activating group) is 1. The van der Waals surface area contributed by atoms with E-state index in [1.54, 1.807) is 0 Å². The molecule has 3 nitrogen and oxygen atoms in total. The zero-order chi connectivity index (χ0) is 13.2. The molecule has 3 rings (SSSR count). The van der Waals surface area contributed by atoms with Crippen LogP contribution in [-0.2, 0) is 0 Å². The molecular weight excluding hydrogens is 254 g/mol. The number of aryl methyl sites for hydroxylation is 1. The van der Waals surface area contributed by atoms with Gasteiger partial charge < -0.3 is 9.80 Å². The third-order valence-electron chi connectivity index (χ3n) is 3.60. The Labute approximate surface area is 118 Å². The zero-order valence-electron chi connectivity index (χ0n) is 11.5. The summed E-state index contributed by atoms with van der Waals surface area (Å²) < 4.78 is 0. The van der Waals surface area contributed by atoms with E-state index in [-0.39, 0.29) is 0 Å². The van der Waals surface area contributed by atoms with Crippen molar-refractivity contribution in [2.24, 2.45) is 0 Å². The highest BCUT2D eigenvalue weighted by Crippen LogP contribution is 2.34. The lowest BCUT2D eigenvalue weighted by Crippen LogP contribution is -2.44. The van der Waals surface area contributed by atoms with E-state index in [1.807, 2.05) is 11.3 Å². The molecule has 1 fully saturated rings. The lowest BCUT2D eigenvalue weighted by atomic mass is 10.2. The van der Waals surface area contributed by atoms with Crippen LogP contribution >= 0.6 is 11.3 Å². The summed E-state index contributed by atoms with van der Waals surface area (Å²) >= 11 is 1.82. The second-order valence-electron chi connectivity index (χ2n) is 5.07. The standard InChI is InChI=1S/C15H19N3S/c1-12-14(13-6-4-3-5-7-13)19-15(16-12)18-10-8-17(2)9-11-18/h3-7H,8-11H2,1-2H3. The van der Waals surface area contributed by atoms with Crippen LogP contribution in [0.15, 0.2) is 30.3 Å². The van der Waals surface area contributed by atoms with Crippen molar-refractivity contribution in [3.63, 3.8) is 0 Å². The first-order chi connectivity index (χ1) is 9.24. The number of hydrogen-bond acceptors (Lipinski definition) is 4. The molecule has 0 radical (unpaired) electrons. The van der Waals surface area contributed by atoms with E-state index in [2.05, 4.69) is 54.1 Å². The Hall–Kier alpha value is -1.39. The Morgan fingerprint density at radius 2 is 1.74 bits per heavy atom. The number of thiazole rings is 1. The molecule has 0 bridgehead atoms. The minimum atomic E-state index is 1.08. The van der Waals surface area contributed by atoms with Crippen LogP contribution in [0.4, 0.5) is 5.13 Å². The van der Waals surface area contributed by atoms with Gasteiger partial charge in [-0.15, -0.1) is 0 Å². The second kappa shape index (κ2) is 5.31. The lowest BCUT2D eigenvalue weighted by Gasteiger charge is -2.32. The quantitative estimate of drug-likeness (QED) is 0.839. The molecule has 1 aliphatic heterocycles. The van der Waals surface area contributed by atoms with Gasteiger partial charge in [-0.1, -0.05) is 41.7 Å². The molecule has 0 N–H and O–H groups in total. The predicted molar refractivity (Wildman–Crippen MR) is 82.0 cm³/mol. The number of anilines is 1. The molecule has 19 heavy (non-hydrogen) atoms. The van der Waals surface area contributed by atoms with Gasteiger partial charge in [0.25, 0.3) is 0 Å². The molecule has 2 heterocycles. The van der Waals surface area contributed by atoms with E-state index < -0.39 is 0 Å². The molecule has 100 valence electrons. The van der Waals surface area contributed by atoms with Gasteiger partial charge in [0.1, 0.15) is 0 Å². The Morgan fingerprint density at radius 1 is 1.05 bits per heavy atom. The van der Waals surface area contributed by atoms with Crippen molar-refractivity contribution in [2.45, 2.75) is 6.92 Å². The minimum Gasteiger partial charge on any atom is -0.346 e. The maximum absolute atomic E-state index is 4.76. The predicted octanol–water partition coefficient (Wildman–Crippen LogP) is 2.87. The van der Waals surface area contributed by atoms with Crippen LogP contribution in [0.1, 0.15) is 5.69 Å². The van der Waals surface area contributed by atoms with Crippen molar-refractivity contribution >= 4 is 16.5 Å². The van der Waals surface area contributed by atoms with Crippen molar-refractivity contribution in [1.29, 1.82) is 0 Å². The number of hydrogen-bond donors (Lipinski definition) is 0. The smallest absolute Gasteiger partial charge is 0.186 e. The van der Waals surface area contributed by atoms with Crippen LogP contribution in [0.2, 0.25) is 0 Å². The Balaban J connectivity index is 1.85. The maximum Gasteiger partial charge on any atom is 0.186 e. The highest BCUT2D eigenvalue weighted by molar-refractivity contribution is 7.19. The number of benzene rings is 1. The molecule has 0 amide bonds. The molecule has 0 saturated carbocycles. The fourth-order valence-electron chi connectivity index (χ4n) is 2.37. The molecule has 4 heteroatoms. The summed E-state index contributed by atoms with van der Waals surface area (Å²) in [5.74, 6) is 0. The van der Waals surface area contributed by atoms with E-state index in [4.69, 9.17) is 4.98 Å². The van der Waals surface area contributed by atoms with Gasteiger partial charge in [-0.05, 0) is 19.5 Å². The van der Waals surface area contributed by atoms with Crippen LogP contribution in [0, 0.1) is 6.92 Å². The molecule has 1 aliphatic rings. The lowest BCUT2D eigenvalue weighted by molar-refractivity contribution is 0.312. The number of piperazine rings is 1. The van der Waals surface area contributed by atoms with Gasteiger partial charge >= 0.3 is 0 Å². The van der Waals surface area contributed by atoms with Gasteiger partial charge in [0.2, 0.25) is 0 Å². The summed E-state index contributed by atoms with van der Waals surface area (Å²) in [5.41, 5.74) is 2.42. The van der Waals surface area contributed by atoms with E-state index >= 15 is 0 Å². The molecule has 0 atom stereocenters. The second-order valence-corrected chi connectivity index (χ2v) is 6.04. The first-order valence-corrected chi connectivity index (χ1v) is 7.52. The number of rotatable bonds is 2. The Bertz CT molecular complexity index is 542. The van der Waals surface area contributed by atoms with Gasteiger partial charge in [-0.2, -0.15) is 0 Å². The average molecular weight is 273 g/mol. The molecule has 2 aromatic rings. The van der Waals surface area contributed by atoms with Crippen molar-refractivity contribution < 1.29 is 0 Å². The van der Waals surface area contributed by atoms with E-state index in [9.17, 15) is 0 Å². The van der Waals surface area contributed by atoms with E-state index in [1.165, 1.54) is 15.6 Å². The summed E-state index contributed by atoms with van der Waals surface area (Å²) in [6.45, 7) is 6.52. The molecule has 0 spiro atoms. The summed E-state index contributed by atoms with van der Waals surface area (Å²) in [6, 6.07) is 10.6. The monoisotopic (exact) mass is 273 g/mol. The molecule has 1 saturated heterocycles. The van der Waals surface area contributed by atoms with Crippen molar-refractivity contribution in [1.82, 2.24) is 9.88 Å². The largest absolute Gasteiger partial charge is 0.346 e. The van der Waals surface area contributed by atoms with Crippen molar-refractivity contribution in [3.05, 3.63) is 36.0 Å². The first-order valence-electron chi connectivity index (χ1n) is 6.70. The fourth-order valence-corrected chi connectivity index (χ4v) is 3.50. The highest BCUT2D eigenvalue weighted by Gasteiger charge is 2.19. The average Bonchev–Trinajstić information content (AvgIpc) is 2.83. The van der Waals surface area contributed by atoms with Crippen LogP contribution < -0.4 is 4.90 Å². The number of nitrogens with zero attached hydrogens (tertiary/aromatic N) is 3. The molecule has 0 aliphatic carbocycles. The van der Waals surface area contributed by atoms with Crippen LogP contribution in [0.3, 0.4) is 0 Å². The van der Waals surface area contributed by atoms with Crippen LogP contribution in [-0.4, -0.2) is 43.1 Å². The summed E-state index contributed by atoms with van der Waals surface area (Å²) in [7, 11) is 2.18. The van der Waals surface area contributed by atoms with Gasteiger partial charge in [0.15, 0.2) is 5.13 Å². The van der Waals surface area contributed by atoms with Crippen LogP contribution in [0.5, 0.6) is 0 Å². The minimum absolute atomic E-state index is 1.08. The maximum atomic E-state index is 4.76. The fraction of sp³-hybridized carbons (Fsp3) is 0.400. The van der Waals surface area contributed by atoms with Crippen LogP contribution in [0.25, 0.3) is 10.4 Å². The van der Waals surface area contributed by atoms with Gasteiger partial charge in [-0.25, -0.2) is 4.98 Å². The van der Waals surface area contributed by atoms with Gasteiger partial charge in [0, 0.05) is 26.2 Å². The molecule has 1 aromatic heterocycles. The molecular formula is C15H19N3S. The normalized spacial score (nSPS) is 16.8. The third-order valence-corrected chi connectivity index (χ3v) is 4.86. The van der Waals surface area contributed by atoms with Crippen molar-refractivity contribution in [3.8, 4) is 10.4 Å². The molecule has 1 aromatic carbocycles. The zero-order valence-corrected chi connectivity index (χ0v) is 12.3. The highest BCUT2D eigenvalue weighted by atomic mass is 32.1. The summed E-state index contributed by atoms with van der Waals surface area (Å²) in [6.07, 6.45) is 0. The number of aromatic nitrogens is 1. The van der Waals surface area contributed by atoms with Gasteiger partial charge in [-0.3, -0.25) is 0 Å². The summed E-state index contributed by atoms with van der Waals surface area (Å²) in [4.78, 5) is 10.8.